The molecule has 0 aromatic heterocycles. The Morgan fingerprint density at radius 2 is 2.14 bits per heavy atom. The zero-order valence-electron chi connectivity index (χ0n) is 13.0. The van der Waals surface area contributed by atoms with Crippen molar-refractivity contribution in [1.29, 1.82) is 0 Å². The van der Waals surface area contributed by atoms with Crippen molar-refractivity contribution in [2.75, 3.05) is 32.2 Å². The predicted octanol–water partition coefficient (Wildman–Crippen LogP) is 2.20. The first kappa shape index (κ1) is 15.6. The number of methoxy groups -OCH3 is 2. The molecule has 1 unspecified atom stereocenters. The van der Waals surface area contributed by atoms with Crippen LogP contribution < -0.4 is 19.7 Å². The number of carbonyl (C=O) groups is 1. The molecule has 1 aromatic rings. The normalized spacial score (nSPS) is 18.7. The van der Waals surface area contributed by atoms with Crippen LogP contribution in [0.2, 0.25) is 0 Å². The topological polar surface area (TPSA) is 50.8 Å². The van der Waals surface area contributed by atoms with E-state index in [1.807, 2.05) is 18.2 Å². The number of nitrogens with one attached hydrogen (secondary N) is 1. The van der Waals surface area contributed by atoms with Crippen LogP contribution in [0.1, 0.15) is 26.2 Å². The van der Waals surface area contributed by atoms with E-state index in [9.17, 15) is 4.79 Å². The second-order valence-electron chi connectivity index (χ2n) is 5.18. The number of benzene rings is 1. The van der Waals surface area contributed by atoms with Crippen LogP contribution in [-0.4, -0.2) is 39.3 Å². The minimum Gasteiger partial charge on any atom is -0.497 e. The minimum atomic E-state index is -0.102. The van der Waals surface area contributed by atoms with Crippen LogP contribution in [0.4, 0.5) is 5.69 Å². The Morgan fingerprint density at radius 1 is 1.33 bits per heavy atom. The van der Waals surface area contributed by atoms with Gasteiger partial charge in [-0.3, -0.25) is 4.79 Å². The van der Waals surface area contributed by atoms with Crippen LogP contribution in [0.3, 0.4) is 0 Å². The van der Waals surface area contributed by atoms with Gasteiger partial charge in [-0.1, -0.05) is 6.92 Å². The summed E-state index contributed by atoms with van der Waals surface area (Å²) < 4.78 is 10.7. The number of ether oxygens (including phenoxy) is 2. The molecule has 1 aromatic carbocycles. The van der Waals surface area contributed by atoms with Crippen LogP contribution in [0, 0.1) is 0 Å². The summed E-state index contributed by atoms with van der Waals surface area (Å²) in [5.74, 6) is 1.53. The molecule has 0 saturated carbocycles. The molecule has 116 valence electrons. The molecule has 1 saturated heterocycles. The van der Waals surface area contributed by atoms with E-state index in [-0.39, 0.29) is 11.9 Å². The molecule has 0 aliphatic carbocycles. The molecule has 1 fully saturated rings. The maximum Gasteiger partial charge on any atom is 0.244 e. The van der Waals surface area contributed by atoms with Gasteiger partial charge in [0.05, 0.1) is 25.9 Å². The molecular formula is C16H24N2O3. The van der Waals surface area contributed by atoms with Crippen molar-refractivity contribution in [2.45, 2.75) is 32.2 Å². The van der Waals surface area contributed by atoms with Crippen LogP contribution in [0.25, 0.3) is 0 Å². The predicted molar refractivity (Wildman–Crippen MR) is 83.2 cm³/mol. The molecule has 1 N–H and O–H groups in total. The molecule has 1 amide bonds. The molecule has 0 bridgehead atoms. The average molecular weight is 292 g/mol. The zero-order chi connectivity index (χ0) is 15.2. The summed E-state index contributed by atoms with van der Waals surface area (Å²) in [5, 5.41) is 3.32. The van der Waals surface area contributed by atoms with Crippen molar-refractivity contribution in [2.24, 2.45) is 0 Å². The third-order valence-electron chi connectivity index (χ3n) is 3.76. The average Bonchev–Trinajstić information content (AvgIpc) is 2.53. The number of nitrogens with zero attached hydrogens (tertiary/aromatic N) is 1. The fourth-order valence-corrected chi connectivity index (χ4v) is 2.63. The Labute approximate surface area is 126 Å². The van der Waals surface area contributed by atoms with Gasteiger partial charge >= 0.3 is 0 Å². The molecular weight excluding hydrogens is 268 g/mol. The van der Waals surface area contributed by atoms with E-state index in [0.717, 1.165) is 37.2 Å². The van der Waals surface area contributed by atoms with Crippen molar-refractivity contribution in [3.8, 4) is 11.5 Å². The van der Waals surface area contributed by atoms with Gasteiger partial charge in [0.25, 0.3) is 0 Å². The van der Waals surface area contributed by atoms with Gasteiger partial charge < -0.3 is 19.7 Å². The SMILES string of the molecule is CCCNC1CCCN(c2cc(OC)ccc2OC)C1=O. The Hall–Kier alpha value is -1.75. The second kappa shape index (κ2) is 7.31. The van der Waals surface area contributed by atoms with E-state index in [1.54, 1.807) is 19.1 Å². The van der Waals surface area contributed by atoms with Crippen molar-refractivity contribution < 1.29 is 14.3 Å². The minimum absolute atomic E-state index is 0.102. The van der Waals surface area contributed by atoms with Crippen molar-refractivity contribution in [3.05, 3.63) is 18.2 Å². The van der Waals surface area contributed by atoms with Crippen molar-refractivity contribution in [3.63, 3.8) is 0 Å². The highest BCUT2D eigenvalue weighted by atomic mass is 16.5. The maximum absolute atomic E-state index is 12.7. The quantitative estimate of drug-likeness (QED) is 0.873. The highest BCUT2D eigenvalue weighted by Gasteiger charge is 2.30. The summed E-state index contributed by atoms with van der Waals surface area (Å²) in [6.45, 7) is 3.68. The Morgan fingerprint density at radius 3 is 2.81 bits per heavy atom. The highest BCUT2D eigenvalue weighted by molar-refractivity contribution is 5.99. The largest absolute Gasteiger partial charge is 0.497 e. The first-order valence-corrected chi connectivity index (χ1v) is 7.48. The lowest BCUT2D eigenvalue weighted by Gasteiger charge is -2.33. The molecule has 5 heteroatoms. The van der Waals surface area contributed by atoms with Crippen molar-refractivity contribution >= 4 is 11.6 Å². The number of rotatable bonds is 6. The third kappa shape index (κ3) is 3.47. The van der Waals surface area contributed by atoms with Gasteiger partial charge in [-0.2, -0.15) is 0 Å². The van der Waals surface area contributed by atoms with E-state index < -0.39 is 0 Å². The number of carbonyl (C=O) groups excluding carboxylic acids is 1. The summed E-state index contributed by atoms with van der Waals surface area (Å²) >= 11 is 0. The molecule has 1 atom stereocenters. The first-order chi connectivity index (χ1) is 10.2. The van der Waals surface area contributed by atoms with Crippen LogP contribution in [0.5, 0.6) is 11.5 Å². The Bertz CT molecular complexity index is 490. The summed E-state index contributed by atoms with van der Waals surface area (Å²) in [6, 6.07) is 5.43. The molecule has 1 aliphatic heterocycles. The molecule has 1 aliphatic rings. The van der Waals surface area contributed by atoms with E-state index in [4.69, 9.17) is 9.47 Å². The van der Waals surface area contributed by atoms with Gasteiger partial charge in [-0.25, -0.2) is 0 Å². The van der Waals surface area contributed by atoms with E-state index >= 15 is 0 Å². The fraction of sp³-hybridized carbons (Fsp3) is 0.562. The van der Waals surface area contributed by atoms with Gasteiger partial charge in [0, 0.05) is 12.6 Å². The van der Waals surface area contributed by atoms with E-state index in [1.165, 1.54) is 0 Å². The molecule has 2 rings (SSSR count). The molecule has 21 heavy (non-hydrogen) atoms. The maximum atomic E-state index is 12.7. The number of hydrogen-bond donors (Lipinski definition) is 1. The molecule has 1 heterocycles. The lowest BCUT2D eigenvalue weighted by Crippen LogP contribution is -2.51. The van der Waals surface area contributed by atoms with Gasteiger partial charge in [0.15, 0.2) is 0 Å². The molecule has 0 spiro atoms. The number of hydrogen-bond acceptors (Lipinski definition) is 4. The number of amides is 1. The van der Waals surface area contributed by atoms with Crippen LogP contribution in [0.15, 0.2) is 18.2 Å². The molecule has 0 radical (unpaired) electrons. The Balaban J connectivity index is 2.25. The van der Waals surface area contributed by atoms with Crippen LogP contribution >= 0.6 is 0 Å². The van der Waals surface area contributed by atoms with E-state index in [0.29, 0.717) is 12.3 Å². The van der Waals surface area contributed by atoms with Gasteiger partial charge in [-0.15, -0.1) is 0 Å². The second-order valence-corrected chi connectivity index (χ2v) is 5.18. The monoisotopic (exact) mass is 292 g/mol. The van der Waals surface area contributed by atoms with Gasteiger partial charge in [0.1, 0.15) is 11.5 Å². The van der Waals surface area contributed by atoms with Crippen LogP contribution in [-0.2, 0) is 4.79 Å². The number of piperidine rings is 1. The lowest BCUT2D eigenvalue weighted by atomic mass is 10.0. The number of anilines is 1. The summed E-state index contributed by atoms with van der Waals surface area (Å²) in [4.78, 5) is 14.5. The summed E-state index contributed by atoms with van der Waals surface area (Å²) in [6.07, 6.45) is 2.89. The zero-order valence-corrected chi connectivity index (χ0v) is 13.0. The van der Waals surface area contributed by atoms with E-state index in [2.05, 4.69) is 12.2 Å². The summed E-state index contributed by atoms with van der Waals surface area (Å²) in [5.41, 5.74) is 0.782. The Kier molecular flexibility index (Phi) is 5.44. The standard InChI is InChI=1S/C16H24N2O3/c1-4-9-17-13-6-5-10-18(16(13)19)14-11-12(20-2)7-8-15(14)21-3/h7-8,11,13,17H,4-6,9-10H2,1-3H3. The first-order valence-electron chi connectivity index (χ1n) is 7.48. The van der Waals surface area contributed by atoms with Gasteiger partial charge in [-0.05, 0) is 37.9 Å². The fourth-order valence-electron chi connectivity index (χ4n) is 2.63. The summed E-state index contributed by atoms with van der Waals surface area (Å²) in [7, 11) is 3.24. The molecule has 5 nitrogen and oxygen atoms in total. The van der Waals surface area contributed by atoms with Gasteiger partial charge in [0.2, 0.25) is 5.91 Å². The lowest BCUT2D eigenvalue weighted by molar-refractivity contribution is -0.121. The third-order valence-corrected chi connectivity index (χ3v) is 3.76. The van der Waals surface area contributed by atoms with Crippen molar-refractivity contribution in [1.82, 2.24) is 5.32 Å². The smallest absolute Gasteiger partial charge is 0.244 e. The highest BCUT2D eigenvalue weighted by Crippen LogP contribution is 2.34.